The number of fused-ring (bicyclic) bond motifs is 1. The Morgan fingerprint density at radius 2 is 1.67 bits per heavy atom. The van der Waals surface area contributed by atoms with E-state index in [0.29, 0.717) is 34.2 Å². The topological polar surface area (TPSA) is 102 Å². The van der Waals surface area contributed by atoms with Crippen LogP contribution in [0, 0.1) is 0 Å². The summed E-state index contributed by atoms with van der Waals surface area (Å²) in [5.41, 5.74) is 1.88. The van der Waals surface area contributed by atoms with Crippen molar-refractivity contribution in [1.82, 2.24) is 25.1 Å². The highest BCUT2D eigenvalue weighted by molar-refractivity contribution is 6.24. The summed E-state index contributed by atoms with van der Waals surface area (Å²) in [5, 5.41) is 13.5. The Labute approximate surface area is 176 Å². The number of carbonyl (C=O) groups excluding carboxylic acids is 2. The van der Waals surface area contributed by atoms with Gasteiger partial charge in [-0.3, -0.25) is 14.9 Å². The minimum Gasteiger partial charge on any atom is -0.340 e. The molecular weight excluding hydrogens is 380 g/mol. The van der Waals surface area contributed by atoms with Crippen molar-refractivity contribution in [2.45, 2.75) is 47.6 Å². The third kappa shape index (κ3) is 4.53. The molecule has 0 unspecified atom stereocenters. The van der Waals surface area contributed by atoms with Crippen molar-refractivity contribution in [2.75, 3.05) is 5.32 Å². The number of imide groups is 1. The fourth-order valence-electron chi connectivity index (χ4n) is 2.89. The van der Waals surface area contributed by atoms with Crippen molar-refractivity contribution >= 4 is 23.3 Å². The van der Waals surface area contributed by atoms with Crippen LogP contribution in [0.3, 0.4) is 0 Å². The molecule has 0 atom stereocenters. The molecule has 8 heteroatoms. The van der Waals surface area contributed by atoms with E-state index in [1.807, 2.05) is 58.2 Å². The van der Waals surface area contributed by atoms with Crippen LogP contribution in [0.4, 0.5) is 11.5 Å². The minimum atomic E-state index is -0.413. The summed E-state index contributed by atoms with van der Waals surface area (Å²) in [6.45, 7) is 12.1. The molecule has 4 rings (SSSR count). The van der Waals surface area contributed by atoms with Crippen LogP contribution in [0.25, 0.3) is 11.5 Å². The Hall–Kier alpha value is -3.55. The maximum atomic E-state index is 12.0. The number of pyridine rings is 1. The Kier molecular flexibility index (Phi) is 7.80. The van der Waals surface area contributed by atoms with Gasteiger partial charge in [-0.25, -0.2) is 4.98 Å². The molecule has 2 amide bonds. The first-order valence-corrected chi connectivity index (χ1v) is 10.2. The molecule has 158 valence electrons. The van der Waals surface area contributed by atoms with E-state index < -0.39 is 5.91 Å². The third-order valence-corrected chi connectivity index (χ3v) is 4.13. The van der Waals surface area contributed by atoms with Crippen molar-refractivity contribution in [3.05, 3.63) is 53.9 Å². The number of aromatic nitrogens is 4. The maximum Gasteiger partial charge on any atom is 0.261 e. The van der Waals surface area contributed by atoms with Gasteiger partial charge in [-0.05, 0) is 38.1 Å². The molecule has 3 aromatic rings. The predicted octanol–water partition coefficient (Wildman–Crippen LogP) is 4.60. The summed E-state index contributed by atoms with van der Waals surface area (Å²) in [4.78, 5) is 28.4. The molecular formula is C22H28N6O2. The quantitative estimate of drug-likeness (QED) is 0.612. The molecule has 0 saturated heterocycles. The van der Waals surface area contributed by atoms with Gasteiger partial charge >= 0.3 is 0 Å². The lowest BCUT2D eigenvalue weighted by Gasteiger charge is -2.12. The zero-order valence-corrected chi connectivity index (χ0v) is 18.2. The van der Waals surface area contributed by atoms with Gasteiger partial charge in [0.25, 0.3) is 11.8 Å². The molecule has 2 N–H and O–H groups in total. The number of hydrogen-bond donors (Lipinski definition) is 2. The lowest BCUT2D eigenvalue weighted by Crippen LogP contribution is -2.20. The molecule has 0 bridgehead atoms. The molecule has 1 aliphatic heterocycles. The standard InChI is InChI=1S/C18H16N6O2.2C2H6/c1-10(2)24-9-19-23-16(24)13-7-4-8-14(21-13)20-12-6-3-5-11-15(12)18(26)22-17(11)25;2*1-2/h3-10H,1-2H3,(H,20,21)(H,22,25,26);2*1-2H3. The molecule has 30 heavy (non-hydrogen) atoms. The van der Waals surface area contributed by atoms with E-state index in [9.17, 15) is 9.59 Å². The van der Waals surface area contributed by atoms with Gasteiger partial charge in [0.1, 0.15) is 17.8 Å². The fraction of sp³-hybridized carbons (Fsp3) is 0.318. The van der Waals surface area contributed by atoms with E-state index in [0.717, 1.165) is 0 Å². The van der Waals surface area contributed by atoms with Gasteiger partial charge in [0.05, 0.1) is 16.8 Å². The van der Waals surface area contributed by atoms with Crippen molar-refractivity contribution in [1.29, 1.82) is 0 Å². The van der Waals surface area contributed by atoms with Gasteiger partial charge in [-0.15, -0.1) is 10.2 Å². The lowest BCUT2D eigenvalue weighted by atomic mass is 10.1. The highest BCUT2D eigenvalue weighted by Crippen LogP contribution is 2.27. The number of benzene rings is 1. The van der Waals surface area contributed by atoms with Gasteiger partial charge in [0, 0.05) is 6.04 Å². The summed E-state index contributed by atoms with van der Waals surface area (Å²) in [7, 11) is 0. The smallest absolute Gasteiger partial charge is 0.261 e. The summed E-state index contributed by atoms with van der Waals surface area (Å²) in [6.07, 6.45) is 1.67. The fourth-order valence-corrected chi connectivity index (χ4v) is 2.89. The third-order valence-electron chi connectivity index (χ3n) is 4.13. The molecule has 0 radical (unpaired) electrons. The van der Waals surface area contributed by atoms with Crippen LogP contribution in [-0.2, 0) is 0 Å². The second-order valence-corrected chi connectivity index (χ2v) is 6.20. The number of carbonyl (C=O) groups is 2. The second-order valence-electron chi connectivity index (χ2n) is 6.20. The van der Waals surface area contributed by atoms with Crippen molar-refractivity contribution in [2.24, 2.45) is 0 Å². The normalized spacial score (nSPS) is 11.7. The van der Waals surface area contributed by atoms with Crippen LogP contribution in [0.15, 0.2) is 42.7 Å². The average Bonchev–Trinajstić information content (AvgIpc) is 3.37. The van der Waals surface area contributed by atoms with Crippen LogP contribution in [0.2, 0.25) is 0 Å². The maximum absolute atomic E-state index is 12.0. The second kappa shape index (κ2) is 10.3. The summed E-state index contributed by atoms with van der Waals surface area (Å²) in [6, 6.07) is 10.8. The summed E-state index contributed by atoms with van der Waals surface area (Å²) in [5.74, 6) is 0.403. The molecule has 0 saturated carbocycles. The van der Waals surface area contributed by atoms with Crippen LogP contribution in [0.5, 0.6) is 0 Å². The minimum absolute atomic E-state index is 0.200. The SMILES string of the molecule is CC.CC.CC(C)n1cnnc1-c1cccc(Nc2cccc3c2C(=O)NC3=O)n1. The Bertz CT molecular complexity index is 1030. The van der Waals surface area contributed by atoms with E-state index in [1.165, 1.54) is 0 Å². The molecule has 8 nitrogen and oxygen atoms in total. The van der Waals surface area contributed by atoms with E-state index >= 15 is 0 Å². The number of amides is 2. The van der Waals surface area contributed by atoms with Crippen molar-refractivity contribution in [3.8, 4) is 11.5 Å². The van der Waals surface area contributed by atoms with Crippen molar-refractivity contribution < 1.29 is 9.59 Å². The highest BCUT2D eigenvalue weighted by atomic mass is 16.2. The highest BCUT2D eigenvalue weighted by Gasteiger charge is 2.29. The largest absolute Gasteiger partial charge is 0.340 e. The van der Waals surface area contributed by atoms with Crippen LogP contribution in [-0.4, -0.2) is 31.6 Å². The Balaban J connectivity index is 0.000000757. The van der Waals surface area contributed by atoms with Gasteiger partial charge in [-0.2, -0.15) is 0 Å². The van der Waals surface area contributed by atoms with E-state index in [2.05, 4.69) is 25.8 Å². The first-order valence-electron chi connectivity index (χ1n) is 10.2. The molecule has 2 aromatic heterocycles. The number of anilines is 2. The van der Waals surface area contributed by atoms with Crippen LogP contribution >= 0.6 is 0 Å². The van der Waals surface area contributed by atoms with E-state index in [1.54, 1.807) is 30.6 Å². The number of nitrogens with zero attached hydrogens (tertiary/aromatic N) is 4. The molecule has 1 aromatic carbocycles. The first-order chi connectivity index (χ1) is 14.5. The first kappa shape index (κ1) is 22.7. The number of hydrogen-bond acceptors (Lipinski definition) is 6. The van der Waals surface area contributed by atoms with E-state index in [4.69, 9.17) is 0 Å². The van der Waals surface area contributed by atoms with E-state index in [-0.39, 0.29) is 11.9 Å². The molecule has 1 aliphatic rings. The van der Waals surface area contributed by atoms with Crippen LogP contribution < -0.4 is 10.6 Å². The van der Waals surface area contributed by atoms with Gasteiger partial charge in [-0.1, -0.05) is 39.8 Å². The summed E-state index contributed by atoms with van der Waals surface area (Å²) < 4.78 is 1.93. The van der Waals surface area contributed by atoms with Gasteiger partial charge in [0.2, 0.25) is 0 Å². The molecule has 0 spiro atoms. The zero-order valence-electron chi connectivity index (χ0n) is 18.2. The van der Waals surface area contributed by atoms with Crippen molar-refractivity contribution in [3.63, 3.8) is 0 Å². The molecule has 0 aliphatic carbocycles. The zero-order chi connectivity index (χ0) is 22.3. The number of rotatable bonds is 4. The summed E-state index contributed by atoms with van der Waals surface area (Å²) >= 11 is 0. The molecule has 0 fully saturated rings. The monoisotopic (exact) mass is 408 g/mol. The predicted molar refractivity (Wildman–Crippen MR) is 118 cm³/mol. The Morgan fingerprint density at radius 3 is 2.37 bits per heavy atom. The van der Waals surface area contributed by atoms with Crippen LogP contribution in [0.1, 0.15) is 68.3 Å². The Morgan fingerprint density at radius 1 is 0.967 bits per heavy atom. The molecule has 3 heterocycles. The van der Waals surface area contributed by atoms with Gasteiger partial charge < -0.3 is 9.88 Å². The average molecular weight is 409 g/mol. The number of nitrogens with one attached hydrogen (secondary N) is 2. The lowest BCUT2D eigenvalue weighted by molar-refractivity contribution is 0.0880. The van der Waals surface area contributed by atoms with Gasteiger partial charge in [0.15, 0.2) is 5.82 Å².